The molecule has 2 aromatic rings. The molecular weight excluding hydrogens is 324 g/mol. The van der Waals surface area contributed by atoms with E-state index in [4.69, 9.17) is 18.9 Å². The third kappa shape index (κ3) is 2.57. The molecule has 0 bridgehead atoms. The molecule has 0 fully saturated rings. The van der Waals surface area contributed by atoms with E-state index < -0.39 is 24.0 Å². The topological polar surface area (TPSA) is 74.2 Å². The molecule has 2 aliphatic heterocycles. The van der Waals surface area contributed by atoms with Gasteiger partial charge in [-0.05, 0) is 19.1 Å². The van der Waals surface area contributed by atoms with Crippen LogP contribution in [0.2, 0.25) is 0 Å². The highest BCUT2D eigenvalue weighted by molar-refractivity contribution is 6.00. The summed E-state index contributed by atoms with van der Waals surface area (Å²) < 4.78 is 22.7. The lowest BCUT2D eigenvalue weighted by molar-refractivity contribution is -0.146. The van der Waals surface area contributed by atoms with E-state index in [0.29, 0.717) is 29.4 Å². The number of benzene rings is 2. The van der Waals surface area contributed by atoms with Crippen LogP contribution in [0.15, 0.2) is 24.3 Å². The highest BCUT2D eigenvalue weighted by atomic mass is 16.7. The average Bonchev–Trinajstić information content (AvgIpc) is 2.83. The number of carbonyl (C=O) groups is 1. The predicted octanol–water partition coefficient (Wildman–Crippen LogP) is 3.09. The lowest BCUT2D eigenvalue weighted by atomic mass is 9.98. The fourth-order valence-electron chi connectivity index (χ4n) is 3.43. The Morgan fingerprint density at radius 3 is 2.80 bits per heavy atom. The van der Waals surface area contributed by atoms with Crippen molar-refractivity contribution in [1.82, 2.24) is 0 Å². The van der Waals surface area contributed by atoms with Gasteiger partial charge in [-0.15, -0.1) is 0 Å². The quantitative estimate of drug-likeness (QED) is 0.863. The van der Waals surface area contributed by atoms with E-state index in [-0.39, 0.29) is 6.42 Å². The van der Waals surface area contributed by atoms with Gasteiger partial charge in [-0.25, -0.2) is 0 Å². The molecule has 0 amide bonds. The largest absolute Gasteiger partial charge is 0.486 e. The summed E-state index contributed by atoms with van der Waals surface area (Å²) in [6.45, 7) is 5.71. The molecule has 2 aliphatic rings. The second kappa shape index (κ2) is 5.52. The molecule has 4 rings (SSSR count). The Balaban J connectivity index is 1.78. The number of hydrogen-bond acceptors (Lipinski definition) is 6. The number of esters is 1. The first-order chi connectivity index (χ1) is 11.9. The third-order valence-electron chi connectivity index (χ3n) is 4.39. The maximum atomic E-state index is 11.8. The minimum atomic E-state index is -0.918. The van der Waals surface area contributed by atoms with E-state index >= 15 is 0 Å². The molecule has 2 heterocycles. The maximum Gasteiger partial charge on any atom is 0.309 e. The summed E-state index contributed by atoms with van der Waals surface area (Å²) >= 11 is 0. The molecule has 0 radical (unpaired) electrons. The first-order valence-electron chi connectivity index (χ1n) is 8.37. The molecule has 0 spiro atoms. The zero-order valence-electron chi connectivity index (χ0n) is 14.4. The summed E-state index contributed by atoms with van der Waals surface area (Å²) in [4.78, 5) is 11.8. The van der Waals surface area contributed by atoms with Crippen LogP contribution in [0.1, 0.15) is 38.9 Å². The van der Waals surface area contributed by atoms with E-state index in [0.717, 1.165) is 10.8 Å². The van der Waals surface area contributed by atoms with Crippen molar-refractivity contribution in [2.45, 2.75) is 45.2 Å². The normalized spacial score (nSPS) is 22.6. The van der Waals surface area contributed by atoms with Crippen LogP contribution in [0.3, 0.4) is 0 Å². The zero-order chi connectivity index (χ0) is 17.8. The molecule has 6 nitrogen and oxygen atoms in total. The molecule has 0 aliphatic carbocycles. The van der Waals surface area contributed by atoms with Gasteiger partial charge in [-0.3, -0.25) is 4.79 Å². The number of aliphatic hydroxyl groups excluding tert-OH is 1. The molecule has 0 saturated heterocycles. The first kappa shape index (κ1) is 16.0. The summed E-state index contributed by atoms with van der Waals surface area (Å²) in [5.74, 6) is 0.715. The second-order valence-corrected chi connectivity index (χ2v) is 6.69. The fourth-order valence-corrected chi connectivity index (χ4v) is 3.43. The summed E-state index contributed by atoms with van der Waals surface area (Å²) in [6.07, 6.45) is -1.60. The SMILES string of the molecule is CCOC(=O)CC1Oc2c(cc3c4c(cccc24)OC(C)(C)O3)C1O. The Morgan fingerprint density at radius 1 is 1.28 bits per heavy atom. The van der Waals surface area contributed by atoms with Crippen LogP contribution in [-0.2, 0) is 9.53 Å². The maximum absolute atomic E-state index is 11.8. The van der Waals surface area contributed by atoms with E-state index in [2.05, 4.69) is 0 Å². The Bertz CT molecular complexity index is 857. The van der Waals surface area contributed by atoms with E-state index in [1.54, 1.807) is 13.0 Å². The lowest BCUT2D eigenvalue weighted by Gasteiger charge is -2.33. The van der Waals surface area contributed by atoms with Crippen LogP contribution in [0.4, 0.5) is 0 Å². The van der Waals surface area contributed by atoms with Crippen LogP contribution in [-0.4, -0.2) is 29.6 Å². The molecule has 1 N–H and O–H groups in total. The van der Waals surface area contributed by atoms with Crippen molar-refractivity contribution in [1.29, 1.82) is 0 Å². The van der Waals surface area contributed by atoms with Crippen LogP contribution in [0.25, 0.3) is 10.8 Å². The van der Waals surface area contributed by atoms with Crippen molar-refractivity contribution in [3.05, 3.63) is 29.8 Å². The van der Waals surface area contributed by atoms with Gasteiger partial charge in [-0.1, -0.05) is 12.1 Å². The van der Waals surface area contributed by atoms with Crippen LogP contribution in [0, 0.1) is 0 Å². The summed E-state index contributed by atoms with van der Waals surface area (Å²) in [6, 6.07) is 7.43. The lowest BCUT2D eigenvalue weighted by Crippen LogP contribution is -2.37. The van der Waals surface area contributed by atoms with Gasteiger partial charge >= 0.3 is 5.97 Å². The third-order valence-corrected chi connectivity index (χ3v) is 4.39. The molecule has 0 aromatic heterocycles. The van der Waals surface area contributed by atoms with Crippen LogP contribution in [0.5, 0.6) is 17.2 Å². The Morgan fingerprint density at radius 2 is 2.04 bits per heavy atom. The van der Waals surface area contributed by atoms with Crippen molar-refractivity contribution >= 4 is 16.7 Å². The predicted molar refractivity (Wildman–Crippen MR) is 89.9 cm³/mol. The van der Waals surface area contributed by atoms with Gasteiger partial charge in [-0.2, -0.15) is 0 Å². The average molecular weight is 344 g/mol. The number of rotatable bonds is 3. The minimum absolute atomic E-state index is 0.0109. The first-order valence-corrected chi connectivity index (χ1v) is 8.37. The Hall–Kier alpha value is -2.47. The molecule has 2 atom stereocenters. The van der Waals surface area contributed by atoms with Gasteiger partial charge in [0.2, 0.25) is 5.79 Å². The van der Waals surface area contributed by atoms with Gasteiger partial charge in [0.15, 0.2) is 0 Å². The molecule has 6 heteroatoms. The van der Waals surface area contributed by atoms with Crippen molar-refractivity contribution in [3.8, 4) is 17.2 Å². The van der Waals surface area contributed by atoms with Crippen molar-refractivity contribution in [2.75, 3.05) is 6.61 Å². The smallest absolute Gasteiger partial charge is 0.309 e. The van der Waals surface area contributed by atoms with Gasteiger partial charge in [0.05, 0.1) is 18.4 Å². The zero-order valence-corrected chi connectivity index (χ0v) is 14.4. The van der Waals surface area contributed by atoms with Crippen LogP contribution < -0.4 is 14.2 Å². The van der Waals surface area contributed by atoms with Crippen LogP contribution >= 0.6 is 0 Å². The standard InChI is InChI=1S/C19H20O6/c1-4-22-15(20)9-14-17(21)11-8-13-16-10(18(11)23-14)6-5-7-12(16)24-19(2,3)25-13/h5-8,14,17,21H,4,9H2,1-3H3. The monoisotopic (exact) mass is 344 g/mol. The van der Waals surface area contributed by atoms with E-state index in [9.17, 15) is 9.90 Å². The van der Waals surface area contributed by atoms with E-state index in [1.165, 1.54) is 0 Å². The number of aliphatic hydroxyl groups is 1. The fraction of sp³-hybridized carbons (Fsp3) is 0.421. The number of carbonyl (C=O) groups excluding carboxylic acids is 1. The van der Waals surface area contributed by atoms with Gasteiger partial charge < -0.3 is 24.1 Å². The molecule has 2 aromatic carbocycles. The molecule has 132 valence electrons. The van der Waals surface area contributed by atoms with Crippen molar-refractivity contribution < 1.29 is 28.8 Å². The van der Waals surface area contributed by atoms with Gasteiger partial charge in [0, 0.05) is 24.8 Å². The summed E-state index contributed by atoms with van der Waals surface area (Å²) in [5, 5.41) is 12.2. The number of ether oxygens (including phenoxy) is 4. The highest BCUT2D eigenvalue weighted by Gasteiger charge is 2.39. The molecule has 2 unspecified atom stereocenters. The van der Waals surface area contributed by atoms with Crippen molar-refractivity contribution in [3.63, 3.8) is 0 Å². The molecular formula is C19H20O6. The Labute approximate surface area is 145 Å². The van der Waals surface area contributed by atoms with Crippen molar-refractivity contribution in [2.24, 2.45) is 0 Å². The van der Waals surface area contributed by atoms with Gasteiger partial charge in [0.1, 0.15) is 29.5 Å². The number of hydrogen-bond donors (Lipinski definition) is 1. The second-order valence-electron chi connectivity index (χ2n) is 6.69. The molecule has 25 heavy (non-hydrogen) atoms. The summed E-state index contributed by atoms with van der Waals surface area (Å²) in [7, 11) is 0. The van der Waals surface area contributed by atoms with Gasteiger partial charge in [0.25, 0.3) is 0 Å². The number of fused-ring (bicyclic) bond motifs is 2. The minimum Gasteiger partial charge on any atom is -0.486 e. The molecule has 0 saturated carbocycles. The summed E-state index contributed by atoms with van der Waals surface area (Å²) in [5.41, 5.74) is 0.617. The highest BCUT2D eigenvalue weighted by Crippen LogP contribution is 2.51. The van der Waals surface area contributed by atoms with E-state index in [1.807, 2.05) is 32.0 Å². The Kier molecular flexibility index (Phi) is 3.54.